The van der Waals surface area contributed by atoms with E-state index in [0.29, 0.717) is 13.1 Å². The first-order valence-corrected chi connectivity index (χ1v) is 8.78. The molecule has 3 amide bonds. The molecule has 25 heavy (non-hydrogen) atoms. The van der Waals surface area contributed by atoms with Crippen LogP contribution in [0.1, 0.15) is 25.0 Å². The van der Waals surface area contributed by atoms with E-state index in [1.165, 1.54) is 5.56 Å². The number of urea groups is 1. The third-order valence-corrected chi connectivity index (χ3v) is 4.55. The van der Waals surface area contributed by atoms with Crippen LogP contribution in [0.25, 0.3) is 0 Å². The zero-order chi connectivity index (χ0) is 17.8. The third kappa shape index (κ3) is 4.70. The summed E-state index contributed by atoms with van der Waals surface area (Å²) in [6.45, 7) is 7.63. The van der Waals surface area contributed by atoms with Crippen molar-refractivity contribution in [2.24, 2.45) is 0 Å². The maximum absolute atomic E-state index is 12.2. The molecule has 2 saturated heterocycles. The van der Waals surface area contributed by atoms with Crippen LogP contribution in [0.4, 0.5) is 4.79 Å². The quantitative estimate of drug-likeness (QED) is 0.729. The fourth-order valence-corrected chi connectivity index (χ4v) is 3.46. The van der Waals surface area contributed by atoms with Crippen molar-refractivity contribution in [2.45, 2.75) is 45.2 Å². The van der Waals surface area contributed by atoms with Gasteiger partial charge in [-0.3, -0.25) is 9.69 Å². The van der Waals surface area contributed by atoms with Gasteiger partial charge in [-0.25, -0.2) is 4.79 Å². The second-order valence-electron chi connectivity index (χ2n) is 6.84. The van der Waals surface area contributed by atoms with E-state index in [4.69, 9.17) is 4.74 Å². The van der Waals surface area contributed by atoms with Gasteiger partial charge in [-0.1, -0.05) is 24.3 Å². The number of amides is 3. The number of ether oxygens (including phenoxy) is 1. The molecule has 3 atom stereocenters. The Bertz CT molecular complexity index is 627. The van der Waals surface area contributed by atoms with Gasteiger partial charge in [0.15, 0.2) is 0 Å². The van der Waals surface area contributed by atoms with Gasteiger partial charge in [-0.15, -0.1) is 0 Å². The number of carbonyl (C=O) groups is 2. The summed E-state index contributed by atoms with van der Waals surface area (Å²) in [7, 11) is 0. The van der Waals surface area contributed by atoms with Crippen LogP contribution in [0, 0.1) is 0 Å². The summed E-state index contributed by atoms with van der Waals surface area (Å²) in [5, 5.41) is 8.11. The van der Waals surface area contributed by atoms with Crippen LogP contribution in [-0.2, 0) is 22.6 Å². The number of hydrogen-bond acceptors (Lipinski definition) is 4. The molecule has 0 unspecified atom stereocenters. The summed E-state index contributed by atoms with van der Waals surface area (Å²) in [4.78, 5) is 25.7. The molecular weight excluding hydrogens is 320 g/mol. The summed E-state index contributed by atoms with van der Waals surface area (Å²) >= 11 is 0. The number of carbonyl (C=O) groups excluding carboxylic acids is 2. The van der Waals surface area contributed by atoms with E-state index in [0.717, 1.165) is 25.2 Å². The minimum Gasteiger partial charge on any atom is -0.373 e. The van der Waals surface area contributed by atoms with E-state index < -0.39 is 6.04 Å². The van der Waals surface area contributed by atoms with Gasteiger partial charge in [0.05, 0.1) is 12.2 Å². The minimum absolute atomic E-state index is 0.165. The van der Waals surface area contributed by atoms with Gasteiger partial charge in [-0.05, 0) is 25.0 Å². The number of rotatable bonds is 5. The van der Waals surface area contributed by atoms with Gasteiger partial charge in [0.25, 0.3) is 0 Å². The Morgan fingerprint density at radius 3 is 2.56 bits per heavy atom. The van der Waals surface area contributed by atoms with Crippen molar-refractivity contribution in [3.05, 3.63) is 35.4 Å². The van der Waals surface area contributed by atoms with Crippen molar-refractivity contribution >= 4 is 11.9 Å². The van der Waals surface area contributed by atoms with Crippen molar-refractivity contribution in [1.82, 2.24) is 20.9 Å². The molecule has 0 aromatic heterocycles. The lowest BCUT2D eigenvalue weighted by Crippen LogP contribution is -2.45. The summed E-state index contributed by atoms with van der Waals surface area (Å²) in [5.41, 5.74) is 2.30. The van der Waals surface area contributed by atoms with Crippen LogP contribution in [0.3, 0.4) is 0 Å². The number of benzene rings is 1. The topological polar surface area (TPSA) is 82.7 Å². The molecule has 0 radical (unpaired) electrons. The minimum atomic E-state index is -0.499. The molecule has 2 fully saturated rings. The maximum atomic E-state index is 12.2. The van der Waals surface area contributed by atoms with E-state index in [1.54, 1.807) is 0 Å². The molecule has 0 spiro atoms. The molecule has 0 saturated carbocycles. The average Bonchev–Trinajstić information content (AvgIpc) is 2.99. The smallest absolute Gasteiger partial charge is 0.315 e. The zero-order valence-corrected chi connectivity index (χ0v) is 14.7. The first-order valence-electron chi connectivity index (χ1n) is 8.78. The summed E-state index contributed by atoms with van der Waals surface area (Å²) in [6.07, 6.45) is 0.461. The third-order valence-electron chi connectivity index (χ3n) is 4.55. The number of morpholine rings is 1. The van der Waals surface area contributed by atoms with Gasteiger partial charge in [0.1, 0.15) is 6.04 Å². The largest absolute Gasteiger partial charge is 0.373 e. The van der Waals surface area contributed by atoms with E-state index in [1.807, 2.05) is 18.2 Å². The summed E-state index contributed by atoms with van der Waals surface area (Å²) < 4.78 is 5.79. The number of nitrogens with zero attached hydrogens (tertiary/aromatic N) is 1. The second kappa shape index (κ2) is 7.84. The van der Waals surface area contributed by atoms with Crippen LogP contribution in [0.5, 0.6) is 0 Å². The van der Waals surface area contributed by atoms with Crippen LogP contribution in [0.15, 0.2) is 24.3 Å². The second-order valence-corrected chi connectivity index (χ2v) is 6.84. The van der Waals surface area contributed by atoms with Crippen LogP contribution >= 0.6 is 0 Å². The Balaban J connectivity index is 1.59. The molecule has 2 aliphatic rings. The van der Waals surface area contributed by atoms with E-state index in [-0.39, 0.29) is 24.1 Å². The molecule has 3 N–H and O–H groups in total. The monoisotopic (exact) mass is 346 g/mol. The van der Waals surface area contributed by atoms with E-state index >= 15 is 0 Å². The zero-order valence-electron chi connectivity index (χ0n) is 14.7. The Morgan fingerprint density at radius 1 is 1.24 bits per heavy atom. The highest BCUT2D eigenvalue weighted by molar-refractivity contribution is 5.90. The average molecular weight is 346 g/mol. The Morgan fingerprint density at radius 2 is 1.92 bits per heavy atom. The highest BCUT2D eigenvalue weighted by Gasteiger charge is 2.27. The Hall–Kier alpha value is -2.12. The van der Waals surface area contributed by atoms with Gasteiger partial charge in [0.2, 0.25) is 5.91 Å². The molecule has 2 aliphatic heterocycles. The Labute approximate surface area is 148 Å². The molecule has 0 aliphatic carbocycles. The molecule has 136 valence electrons. The predicted octanol–water partition coefficient (Wildman–Crippen LogP) is 0.593. The van der Waals surface area contributed by atoms with E-state index in [9.17, 15) is 9.59 Å². The molecule has 1 aromatic rings. The molecule has 1 aromatic carbocycles. The summed E-state index contributed by atoms with van der Waals surface area (Å²) in [6, 6.07) is 7.35. The van der Waals surface area contributed by atoms with Crippen molar-refractivity contribution < 1.29 is 14.3 Å². The van der Waals surface area contributed by atoms with Crippen molar-refractivity contribution in [1.29, 1.82) is 0 Å². The molecule has 2 heterocycles. The van der Waals surface area contributed by atoms with Crippen molar-refractivity contribution in [3.63, 3.8) is 0 Å². The van der Waals surface area contributed by atoms with Gasteiger partial charge in [0, 0.05) is 32.7 Å². The van der Waals surface area contributed by atoms with Crippen LogP contribution in [0.2, 0.25) is 0 Å². The molecular formula is C18H26N4O3. The fourth-order valence-electron chi connectivity index (χ4n) is 3.46. The lowest BCUT2D eigenvalue weighted by atomic mass is 10.1. The Kier molecular flexibility index (Phi) is 5.55. The first-order chi connectivity index (χ1) is 12.0. The number of nitrogens with one attached hydrogen (secondary N) is 3. The van der Waals surface area contributed by atoms with Crippen molar-refractivity contribution in [2.75, 3.05) is 19.6 Å². The van der Waals surface area contributed by atoms with Crippen LogP contribution in [-0.4, -0.2) is 54.7 Å². The van der Waals surface area contributed by atoms with Gasteiger partial charge in [-0.2, -0.15) is 0 Å². The lowest BCUT2D eigenvalue weighted by Gasteiger charge is -2.35. The molecule has 0 bridgehead atoms. The van der Waals surface area contributed by atoms with Gasteiger partial charge >= 0.3 is 6.03 Å². The predicted molar refractivity (Wildman–Crippen MR) is 93.9 cm³/mol. The normalized spacial score (nSPS) is 26.8. The highest BCUT2D eigenvalue weighted by Crippen LogP contribution is 2.17. The molecule has 7 heteroatoms. The highest BCUT2D eigenvalue weighted by atomic mass is 16.5. The standard InChI is InChI=1S/C18H26N4O3/c1-12-9-22(10-13(2)25-12)11-15-6-4-3-5-14(15)7-19-17(23)16-8-20-18(24)21-16/h3-6,12-13,16H,7-11H2,1-2H3,(H,19,23)(H2,20,21,24)/t12-,13-,16+/m1/s1. The van der Waals surface area contributed by atoms with Gasteiger partial charge < -0.3 is 20.7 Å². The maximum Gasteiger partial charge on any atom is 0.315 e. The lowest BCUT2D eigenvalue weighted by molar-refractivity contribution is -0.122. The molecule has 3 rings (SSSR count). The van der Waals surface area contributed by atoms with E-state index in [2.05, 4.69) is 40.8 Å². The number of hydrogen-bond donors (Lipinski definition) is 3. The van der Waals surface area contributed by atoms with Crippen LogP contribution < -0.4 is 16.0 Å². The first kappa shape index (κ1) is 17.7. The fraction of sp³-hybridized carbons (Fsp3) is 0.556. The van der Waals surface area contributed by atoms with Crippen molar-refractivity contribution in [3.8, 4) is 0 Å². The molecule has 7 nitrogen and oxygen atoms in total. The SMILES string of the molecule is C[C@@H]1CN(Cc2ccccc2CNC(=O)[C@@H]2CNC(=O)N2)C[C@@H](C)O1. The summed E-state index contributed by atoms with van der Waals surface area (Å²) in [5.74, 6) is -0.165.